The molecule has 5 nitrogen and oxygen atoms in total. The Kier molecular flexibility index (Phi) is 4.63. The van der Waals surface area contributed by atoms with Crippen LogP contribution in [-0.4, -0.2) is 21.7 Å². The van der Waals surface area contributed by atoms with Gasteiger partial charge in [-0.15, -0.1) is 0 Å². The minimum absolute atomic E-state index is 0.0238. The second-order valence-corrected chi connectivity index (χ2v) is 5.79. The van der Waals surface area contributed by atoms with Gasteiger partial charge in [0.15, 0.2) is 5.78 Å². The fourth-order valence-corrected chi connectivity index (χ4v) is 2.53. The van der Waals surface area contributed by atoms with Crippen LogP contribution in [0.3, 0.4) is 0 Å². The average Bonchev–Trinajstić information content (AvgIpc) is 3.09. The molecule has 3 aromatic rings. The highest BCUT2D eigenvalue weighted by Gasteiger charge is 2.21. The van der Waals surface area contributed by atoms with E-state index >= 15 is 0 Å². The Balaban J connectivity index is 1.85. The van der Waals surface area contributed by atoms with Crippen molar-refractivity contribution in [3.05, 3.63) is 82.1 Å². The number of nitrogens with one attached hydrogen (secondary N) is 2. The van der Waals surface area contributed by atoms with Crippen molar-refractivity contribution in [3.8, 4) is 0 Å². The fraction of sp³-hybridized carbons (Fsp3) is 0.0556. The second kappa shape index (κ2) is 6.86. The second-order valence-electron chi connectivity index (χ2n) is 5.38. The van der Waals surface area contributed by atoms with E-state index in [2.05, 4.69) is 15.3 Å². The van der Waals surface area contributed by atoms with Crippen LogP contribution in [-0.2, 0) is 0 Å². The van der Waals surface area contributed by atoms with E-state index in [-0.39, 0.29) is 21.8 Å². The summed E-state index contributed by atoms with van der Waals surface area (Å²) in [6.45, 7) is 1.55. The molecule has 1 aromatic carbocycles. The summed E-state index contributed by atoms with van der Waals surface area (Å²) >= 11 is 5.97. The van der Waals surface area contributed by atoms with Crippen LogP contribution in [0.25, 0.3) is 0 Å². The molecular weight excluding hydrogens is 345 g/mol. The zero-order chi connectivity index (χ0) is 18.0. The number of hydrogen-bond acceptors (Lipinski definition) is 3. The standard InChI is InChI=1S/C18H13ClFN3O2/c1-10-4-5-13(19)15(16(10)20)17(24)11-7-14(22-8-11)18(25)23-12-3-2-6-21-9-12/h2-9,22H,1H3,(H,23,25). The maximum Gasteiger partial charge on any atom is 0.272 e. The summed E-state index contributed by atoms with van der Waals surface area (Å²) in [5.41, 5.74) is 0.930. The van der Waals surface area contributed by atoms with Crippen molar-refractivity contribution in [3.63, 3.8) is 0 Å². The number of nitrogens with zero attached hydrogens (tertiary/aromatic N) is 1. The van der Waals surface area contributed by atoms with Gasteiger partial charge in [0.05, 0.1) is 22.5 Å². The van der Waals surface area contributed by atoms with Gasteiger partial charge in [0, 0.05) is 18.0 Å². The number of amides is 1. The lowest BCUT2D eigenvalue weighted by Crippen LogP contribution is -2.12. The predicted octanol–water partition coefficient (Wildman–Crippen LogP) is 3.99. The van der Waals surface area contributed by atoms with Crippen molar-refractivity contribution in [1.29, 1.82) is 0 Å². The highest BCUT2D eigenvalue weighted by molar-refractivity contribution is 6.35. The monoisotopic (exact) mass is 357 g/mol. The fourth-order valence-electron chi connectivity index (χ4n) is 2.30. The van der Waals surface area contributed by atoms with E-state index in [0.717, 1.165) is 0 Å². The van der Waals surface area contributed by atoms with Crippen molar-refractivity contribution in [2.75, 3.05) is 5.32 Å². The molecule has 2 heterocycles. The average molecular weight is 358 g/mol. The van der Waals surface area contributed by atoms with Gasteiger partial charge in [-0.05, 0) is 36.8 Å². The van der Waals surface area contributed by atoms with Gasteiger partial charge in [0.1, 0.15) is 11.5 Å². The SMILES string of the molecule is Cc1ccc(Cl)c(C(=O)c2c[nH]c(C(=O)Nc3cccnc3)c2)c1F. The minimum Gasteiger partial charge on any atom is -0.356 e. The summed E-state index contributed by atoms with van der Waals surface area (Å²) in [6, 6.07) is 7.68. The lowest BCUT2D eigenvalue weighted by atomic mass is 10.0. The number of hydrogen-bond donors (Lipinski definition) is 2. The van der Waals surface area contributed by atoms with Gasteiger partial charge in [0.2, 0.25) is 0 Å². The minimum atomic E-state index is -0.667. The van der Waals surface area contributed by atoms with Crippen LogP contribution in [0.2, 0.25) is 5.02 Å². The van der Waals surface area contributed by atoms with Gasteiger partial charge in [-0.25, -0.2) is 4.39 Å². The molecule has 0 aliphatic rings. The molecule has 2 aromatic heterocycles. The molecule has 0 fully saturated rings. The summed E-state index contributed by atoms with van der Waals surface area (Å²) < 4.78 is 14.2. The van der Waals surface area contributed by atoms with Gasteiger partial charge in [-0.2, -0.15) is 0 Å². The van der Waals surface area contributed by atoms with Gasteiger partial charge >= 0.3 is 0 Å². The number of carbonyl (C=O) groups excluding carboxylic acids is 2. The Hall–Kier alpha value is -2.99. The summed E-state index contributed by atoms with van der Waals surface area (Å²) in [5, 5.41) is 2.66. The number of pyridine rings is 1. The molecule has 25 heavy (non-hydrogen) atoms. The number of aryl methyl sites for hydroxylation is 1. The van der Waals surface area contributed by atoms with Crippen molar-refractivity contribution in [2.45, 2.75) is 6.92 Å². The van der Waals surface area contributed by atoms with Crippen molar-refractivity contribution >= 4 is 29.0 Å². The van der Waals surface area contributed by atoms with Crippen molar-refractivity contribution < 1.29 is 14.0 Å². The summed E-state index contributed by atoms with van der Waals surface area (Å²) in [5.74, 6) is -1.70. The van der Waals surface area contributed by atoms with E-state index in [1.807, 2.05) is 0 Å². The third-order valence-electron chi connectivity index (χ3n) is 3.62. The van der Waals surface area contributed by atoms with Crippen LogP contribution < -0.4 is 5.32 Å². The van der Waals surface area contributed by atoms with Gasteiger partial charge in [-0.3, -0.25) is 14.6 Å². The Bertz CT molecular complexity index is 954. The topological polar surface area (TPSA) is 74.8 Å². The molecule has 0 spiro atoms. The number of anilines is 1. The molecule has 126 valence electrons. The number of halogens is 2. The normalized spacial score (nSPS) is 10.5. The molecule has 0 atom stereocenters. The Morgan fingerprint density at radius 1 is 1.28 bits per heavy atom. The highest BCUT2D eigenvalue weighted by Crippen LogP contribution is 2.25. The number of rotatable bonds is 4. The zero-order valence-electron chi connectivity index (χ0n) is 13.1. The Morgan fingerprint density at radius 3 is 2.80 bits per heavy atom. The predicted molar refractivity (Wildman–Crippen MR) is 92.6 cm³/mol. The number of benzene rings is 1. The molecule has 3 rings (SSSR count). The molecule has 2 N–H and O–H groups in total. The first-order valence-electron chi connectivity index (χ1n) is 7.36. The summed E-state index contributed by atoms with van der Waals surface area (Å²) in [4.78, 5) is 31.3. The molecule has 0 saturated heterocycles. The van der Waals surface area contributed by atoms with E-state index in [1.54, 1.807) is 25.3 Å². The van der Waals surface area contributed by atoms with Crippen LogP contribution in [0.4, 0.5) is 10.1 Å². The van der Waals surface area contributed by atoms with Gasteiger partial charge < -0.3 is 10.3 Å². The van der Waals surface area contributed by atoms with E-state index in [4.69, 9.17) is 11.6 Å². The number of ketones is 1. The van der Waals surface area contributed by atoms with Gasteiger partial charge in [-0.1, -0.05) is 17.7 Å². The summed E-state index contributed by atoms with van der Waals surface area (Å²) in [6.07, 6.45) is 4.43. The number of aromatic nitrogens is 2. The highest BCUT2D eigenvalue weighted by atomic mass is 35.5. The largest absolute Gasteiger partial charge is 0.356 e. The molecular formula is C18H13ClFN3O2. The summed E-state index contributed by atoms with van der Waals surface area (Å²) in [7, 11) is 0. The molecule has 0 aliphatic carbocycles. The maximum absolute atomic E-state index is 14.2. The molecule has 0 bridgehead atoms. The lowest BCUT2D eigenvalue weighted by Gasteiger charge is -2.06. The molecule has 1 amide bonds. The molecule has 0 saturated carbocycles. The lowest BCUT2D eigenvalue weighted by molar-refractivity contribution is 0.102. The van der Waals surface area contributed by atoms with Crippen LogP contribution in [0.15, 0.2) is 48.9 Å². The molecule has 7 heteroatoms. The first-order chi connectivity index (χ1) is 12.0. The van der Waals surface area contributed by atoms with Crippen molar-refractivity contribution in [2.24, 2.45) is 0 Å². The van der Waals surface area contributed by atoms with Crippen LogP contribution in [0.5, 0.6) is 0 Å². The Labute approximate surface area is 147 Å². The molecule has 0 radical (unpaired) electrons. The number of aromatic amines is 1. The first-order valence-corrected chi connectivity index (χ1v) is 7.74. The van der Waals surface area contributed by atoms with Gasteiger partial charge in [0.25, 0.3) is 5.91 Å². The van der Waals surface area contributed by atoms with Crippen molar-refractivity contribution in [1.82, 2.24) is 9.97 Å². The molecule has 0 aliphatic heterocycles. The molecule has 0 unspecified atom stereocenters. The van der Waals surface area contributed by atoms with Crippen LogP contribution >= 0.6 is 11.6 Å². The van der Waals surface area contributed by atoms with E-state index in [9.17, 15) is 14.0 Å². The Morgan fingerprint density at radius 2 is 2.08 bits per heavy atom. The quantitative estimate of drug-likeness (QED) is 0.693. The third-order valence-corrected chi connectivity index (χ3v) is 3.94. The van der Waals surface area contributed by atoms with E-state index < -0.39 is 17.5 Å². The number of H-pyrrole nitrogens is 1. The smallest absolute Gasteiger partial charge is 0.272 e. The maximum atomic E-state index is 14.2. The first kappa shape index (κ1) is 16.9. The van der Waals surface area contributed by atoms with E-state index in [0.29, 0.717) is 11.3 Å². The zero-order valence-corrected chi connectivity index (χ0v) is 13.9. The van der Waals surface area contributed by atoms with Crippen LogP contribution in [0.1, 0.15) is 32.0 Å². The van der Waals surface area contributed by atoms with E-state index in [1.165, 1.54) is 30.6 Å². The van der Waals surface area contributed by atoms with Crippen LogP contribution in [0, 0.1) is 12.7 Å². The third kappa shape index (κ3) is 3.44. The number of carbonyl (C=O) groups is 2.